The van der Waals surface area contributed by atoms with Gasteiger partial charge in [-0.3, -0.25) is 0 Å². The lowest BCUT2D eigenvalue weighted by Crippen LogP contribution is -2.52. The summed E-state index contributed by atoms with van der Waals surface area (Å²) < 4.78 is 27.4. The van der Waals surface area contributed by atoms with E-state index in [4.69, 9.17) is 28.9 Å². The highest BCUT2D eigenvalue weighted by atomic mass is 35.5. The van der Waals surface area contributed by atoms with Crippen molar-refractivity contribution < 1.29 is 8.42 Å². The van der Waals surface area contributed by atoms with E-state index in [9.17, 15) is 8.42 Å². The minimum atomic E-state index is -3.75. The van der Waals surface area contributed by atoms with Gasteiger partial charge in [-0.2, -0.15) is 0 Å². The predicted molar refractivity (Wildman–Crippen MR) is 79.2 cm³/mol. The summed E-state index contributed by atoms with van der Waals surface area (Å²) in [4.78, 5) is -0.0265. The molecule has 0 saturated heterocycles. The van der Waals surface area contributed by atoms with Crippen LogP contribution in [-0.2, 0) is 10.0 Å². The van der Waals surface area contributed by atoms with Gasteiger partial charge in [0.1, 0.15) is 4.90 Å². The van der Waals surface area contributed by atoms with E-state index in [2.05, 4.69) is 4.72 Å². The summed E-state index contributed by atoms with van der Waals surface area (Å²) in [6, 6.07) is 4.33. The highest BCUT2D eigenvalue weighted by molar-refractivity contribution is 7.89. The number of rotatable bonds is 6. The average Bonchev–Trinajstić information content (AvgIpc) is 2.39. The van der Waals surface area contributed by atoms with Gasteiger partial charge >= 0.3 is 0 Å². The summed E-state index contributed by atoms with van der Waals surface area (Å²) >= 11 is 11.8. The van der Waals surface area contributed by atoms with Gasteiger partial charge in [0.25, 0.3) is 0 Å². The van der Waals surface area contributed by atoms with Gasteiger partial charge in [-0.15, -0.1) is 0 Å². The topological polar surface area (TPSA) is 72.2 Å². The fourth-order valence-corrected chi connectivity index (χ4v) is 4.07. The molecule has 7 heteroatoms. The second-order valence-corrected chi connectivity index (χ2v) is 6.87. The van der Waals surface area contributed by atoms with Crippen LogP contribution in [0.4, 0.5) is 0 Å². The van der Waals surface area contributed by atoms with Gasteiger partial charge in [-0.25, -0.2) is 13.1 Å². The van der Waals surface area contributed by atoms with Crippen molar-refractivity contribution in [2.45, 2.75) is 37.1 Å². The number of hydrogen-bond donors (Lipinski definition) is 2. The molecule has 0 aliphatic heterocycles. The second kappa shape index (κ2) is 6.41. The molecule has 3 N–H and O–H groups in total. The lowest BCUT2D eigenvalue weighted by molar-refractivity contribution is 0.363. The molecule has 0 atom stereocenters. The Morgan fingerprint density at radius 1 is 1.26 bits per heavy atom. The Morgan fingerprint density at radius 3 is 2.32 bits per heavy atom. The molecule has 1 aromatic rings. The first-order valence-electron chi connectivity index (χ1n) is 5.99. The molecule has 0 spiro atoms. The molecule has 0 aliphatic carbocycles. The molecule has 0 saturated carbocycles. The van der Waals surface area contributed by atoms with E-state index in [1.54, 1.807) is 6.07 Å². The maximum atomic E-state index is 12.4. The minimum absolute atomic E-state index is 0.0265. The lowest BCUT2D eigenvalue weighted by Gasteiger charge is -2.31. The molecule has 4 nitrogen and oxygen atoms in total. The first-order valence-corrected chi connectivity index (χ1v) is 8.23. The van der Waals surface area contributed by atoms with Crippen LogP contribution in [0.2, 0.25) is 10.0 Å². The third-order valence-electron chi connectivity index (χ3n) is 3.28. The van der Waals surface area contributed by atoms with E-state index in [0.29, 0.717) is 17.9 Å². The van der Waals surface area contributed by atoms with Crippen molar-refractivity contribution in [1.29, 1.82) is 0 Å². The van der Waals surface area contributed by atoms with Gasteiger partial charge < -0.3 is 5.73 Å². The molecule has 0 aliphatic rings. The van der Waals surface area contributed by atoms with Crippen LogP contribution in [0.15, 0.2) is 23.1 Å². The zero-order chi connectivity index (χ0) is 14.7. The van der Waals surface area contributed by atoms with Crippen molar-refractivity contribution in [2.24, 2.45) is 5.73 Å². The number of sulfonamides is 1. The maximum Gasteiger partial charge on any atom is 0.242 e. The fourth-order valence-electron chi connectivity index (χ4n) is 1.75. The van der Waals surface area contributed by atoms with Gasteiger partial charge in [-0.05, 0) is 31.0 Å². The molecule has 19 heavy (non-hydrogen) atoms. The van der Waals surface area contributed by atoms with Crippen molar-refractivity contribution >= 4 is 33.2 Å². The Bertz CT molecular complexity index is 534. The van der Waals surface area contributed by atoms with Gasteiger partial charge in [0, 0.05) is 17.1 Å². The van der Waals surface area contributed by atoms with E-state index in [-0.39, 0.29) is 16.5 Å². The molecule has 0 heterocycles. The van der Waals surface area contributed by atoms with Gasteiger partial charge in [0.05, 0.1) is 5.02 Å². The summed E-state index contributed by atoms with van der Waals surface area (Å²) in [5, 5.41) is 0.450. The first-order chi connectivity index (χ1) is 8.80. The second-order valence-electron chi connectivity index (χ2n) is 4.37. The third kappa shape index (κ3) is 3.83. The zero-order valence-electron chi connectivity index (χ0n) is 10.9. The predicted octanol–water partition coefficient (Wildman–Crippen LogP) is 2.79. The summed E-state index contributed by atoms with van der Waals surface area (Å²) in [6.07, 6.45) is 1.19. The third-order valence-corrected chi connectivity index (χ3v) is 5.57. The minimum Gasteiger partial charge on any atom is -0.329 e. The smallest absolute Gasteiger partial charge is 0.242 e. The SMILES string of the molecule is CCC(CC)(CN)NS(=O)(=O)c1cc(Cl)ccc1Cl. The zero-order valence-corrected chi connectivity index (χ0v) is 13.2. The fraction of sp³-hybridized carbons (Fsp3) is 0.500. The van der Waals surface area contributed by atoms with Crippen LogP contribution in [-0.4, -0.2) is 20.5 Å². The summed E-state index contributed by atoms with van der Waals surface area (Å²) in [5.74, 6) is 0. The van der Waals surface area contributed by atoms with Crippen LogP contribution >= 0.6 is 23.2 Å². The Labute approximate surface area is 124 Å². The molecular weight excluding hydrogens is 307 g/mol. The van der Waals surface area contributed by atoms with Gasteiger partial charge in [0.2, 0.25) is 10.0 Å². The van der Waals surface area contributed by atoms with Crippen molar-refractivity contribution in [3.05, 3.63) is 28.2 Å². The van der Waals surface area contributed by atoms with E-state index in [1.807, 2.05) is 13.8 Å². The number of halogens is 2. The summed E-state index contributed by atoms with van der Waals surface area (Å²) in [6.45, 7) is 3.99. The molecule has 0 amide bonds. The lowest BCUT2D eigenvalue weighted by atomic mass is 9.95. The molecule has 0 aromatic heterocycles. The number of benzene rings is 1. The van der Waals surface area contributed by atoms with Crippen molar-refractivity contribution in [1.82, 2.24) is 4.72 Å². The van der Waals surface area contributed by atoms with Gasteiger partial charge in [-0.1, -0.05) is 37.0 Å². The Kier molecular flexibility index (Phi) is 5.65. The van der Waals surface area contributed by atoms with Gasteiger partial charge in [0.15, 0.2) is 0 Å². The van der Waals surface area contributed by atoms with E-state index >= 15 is 0 Å². The number of hydrogen-bond acceptors (Lipinski definition) is 3. The molecule has 0 radical (unpaired) electrons. The van der Waals surface area contributed by atoms with Crippen LogP contribution in [0, 0.1) is 0 Å². The molecule has 1 aromatic carbocycles. The Balaban J connectivity index is 3.21. The summed E-state index contributed by atoms with van der Waals surface area (Å²) in [7, 11) is -3.75. The standard InChI is InChI=1S/C12H18Cl2N2O2S/c1-3-12(4-2,8-15)16-19(17,18)11-7-9(13)5-6-10(11)14/h5-7,16H,3-4,8,15H2,1-2H3. The highest BCUT2D eigenvalue weighted by Gasteiger charge is 2.31. The summed E-state index contributed by atoms with van der Waals surface area (Å²) in [5.41, 5.74) is 5.03. The van der Waals surface area contributed by atoms with E-state index in [1.165, 1.54) is 12.1 Å². The van der Waals surface area contributed by atoms with Crippen molar-refractivity contribution in [3.63, 3.8) is 0 Å². The average molecular weight is 325 g/mol. The molecule has 0 unspecified atom stereocenters. The molecule has 0 fully saturated rings. The van der Waals surface area contributed by atoms with Crippen LogP contribution < -0.4 is 10.5 Å². The Hall–Kier alpha value is -0.330. The highest BCUT2D eigenvalue weighted by Crippen LogP contribution is 2.27. The Morgan fingerprint density at radius 2 is 1.84 bits per heavy atom. The van der Waals surface area contributed by atoms with Crippen LogP contribution in [0.1, 0.15) is 26.7 Å². The molecule has 108 valence electrons. The maximum absolute atomic E-state index is 12.4. The molecular formula is C12H18Cl2N2O2S. The normalized spacial score (nSPS) is 12.7. The van der Waals surface area contributed by atoms with Crippen LogP contribution in [0.25, 0.3) is 0 Å². The largest absolute Gasteiger partial charge is 0.329 e. The van der Waals surface area contributed by atoms with Crippen LogP contribution in [0.5, 0.6) is 0 Å². The van der Waals surface area contributed by atoms with Crippen molar-refractivity contribution in [2.75, 3.05) is 6.54 Å². The molecule has 0 bridgehead atoms. The van der Waals surface area contributed by atoms with E-state index < -0.39 is 15.6 Å². The number of nitrogens with one attached hydrogen (secondary N) is 1. The van der Waals surface area contributed by atoms with Crippen molar-refractivity contribution in [3.8, 4) is 0 Å². The van der Waals surface area contributed by atoms with Crippen LogP contribution in [0.3, 0.4) is 0 Å². The first kappa shape index (κ1) is 16.7. The number of nitrogens with two attached hydrogens (primary N) is 1. The molecule has 1 rings (SSSR count). The quantitative estimate of drug-likeness (QED) is 0.845. The monoisotopic (exact) mass is 324 g/mol. The van der Waals surface area contributed by atoms with E-state index in [0.717, 1.165) is 0 Å².